The van der Waals surface area contributed by atoms with Crippen LogP contribution in [-0.4, -0.2) is 38.6 Å². The molecule has 0 aliphatic carbocycles. The number of β-lactam (4-membered cyclic amide) rings is 1. The Balaban J connectivity index is 2.72. The van der Waals surface area contributed by atoms with Crippen molar-refractivity contribution in [2.75, 3.05) is 19.3 Å². The number of halogens is 1. The number of rotatable bonds is 2. The molecule has 4 nitrogen and oxygen atoms in total. The largest absolute Gasteiger partial charge is 0.344 e. The number of likely N-dealkylation sites (tertiary alicyclic amines) is 1. The summed E-state index contributed by atoms with van der Waals surface area (Å²) in [4.78, 5) is 12.6. The van der Waals surface area contributed by atoms with Crippen molar-refractivity contribution < 1.29 is 13.2 Å². The molecule has 6 heteroatoms. The summed E-state index contributed by atoms with van der Waals surface area (Å²) >= 11 is 0. The number of hydrogen-bond acceptors (Lipinski definition) is 3. The Morgan fingerprint density at radius 3 is 2.42 bits per heavy atom. The Bertz CT molecular complexity index is 313. The Kier molecular flexibility index (Phi) is 2.12. The molecule has 70 valence electrons. The van der Waals surface area contributed by atoms with E-state index in [1.807, 2.05) is 0 Å². The molecule has 1 unspecified atom stereocenters. The molecule has 0 bridgehead atoms. The Hall–Kier alpha value is -0.290. The van der Waals surface area contributed by atoms with Crippen molar-refractivity contribution in [1.29, 1.82) is 0 Å². The minimum atomic E-state index is -3.57. The Morgan fingerprint density at radius 1 is 1.67 bits per heavy atom. The van der Waals surface area contributed by atoms with Crippen molar-refractivity contribution >= 4 is 25.6 Å². The zero-order chi connectivity index (χ0) is 9.57. The quantitative estimate of drug-likeness (QED) is 0.479. The van der Waals surface area contributed by atoms with E-state index in [1.165, 1.54) is 4.90 Å². The maximum Gasteiger partial charge on any atom is 0.233 e. The average Bonchev–Trinajstić information content (AvgIpc) is 1.83. The lowest BCUT2D eigenvalue weighted by Crippen LogP contribution is -2.60. The fourth-order valence-electron chi connectivity index (χ4n) is 1.52. The van der Waals surface area contributed by atoms with Crippen LogP contribution in [0.3, 0.4) is 0 Å². The molecule has 0 N–H and O–H groups in total. The van der Waals surface area contributed by atoms with Gasteiger partial charge in [-0.25, -0.2) is 8.42 Å². The van der Waals surface area contributed by atoms with Crippen molar-refractivity contribution in [1.82, 2.24) is 4.90 Å². The van der Waals surface area contributed by atoms with Gasteiger partial charge >= 0.3 is 0 Å². The highest BCUT2D eigenvalue weighted by Crippen LogP contribution is 2.32. The minimum absolute atomic E-state index is 0.160. The summed E-state index contributed by atoms with van der Waals surface area (Å²) in [7, 11) is 3.10. The monoisotopic (exact) mass is 211 g/mol. The lowest BCUT2D eigenvalue weighted by molar-refractivity contribution is -0.153. The molecule has 0 saturated carbocycles. The van der Waals surface area contributed by atoms with Gasteiger partial charge in [-0.2, -0.15) is 0 Å². The SMILES string of the molecule is CN1CC(C)(CS(=O)(=O)Cl)C1=O. The van der Waals surface area contributed by atoms with Gasteiger partial charge in [-0.1, -0.05) is 0 Å². The highest BCUT2D eigenvalue weighted by molar-refractivity contribution is 8.13. The predicted molar refractivity (Wildman–Crippen MR) is 45.4 cm³/mol. The maximum atomic E-state index is 11.2. The average molecular weight is 212 g/mol. The number of amides is 1. The van der Waals surface area contributed by atoms with E-state index in [0.717, 1.165) is 0 Å². The smallest absolute Gasteiger partial charge is 0.233 e. The Morgan fingerprint density at radius 2 is 2.17 bits per heavy atom. The van der Waals surface area contributed by atoms with Gasteiger partial charge in [-0.3, -0.25) is 4.79 Å². The van der Waals surface area contributed by atoms with Gasteiger partial charge in [-0.15, -0.1) is 0 Å². The van der Waals surface area contributed by atoms with E-state index in [2.05, 4.69) is 0 Å². The molecule has 0 aromatic rings. The zero-order valence-electron chi connectivity index (χ0n) is 6.87. The normalized spacial score (nSPS) is 30.2. The van der Waals surface area contributed by atoms with Gasteiger partial charge in [0.15, 0.2) is 0 Å². The summed E-state index contributed by atoms with van der Waals surface area (Å²) in [6, 6.07) is 0. The lowest BCUT2D eigenvalue weighted by atomic mass is 9.83. The molecule has 1 amide bonds. The van der Waals surface area contributed by atoms with Crippen LogP contribution in [0.15, 0.2) is 0 Å². The number of nitrogens with zero attached hydrogens (tertiary/aromatic N) is 1. The van der Waals surface area contributed by atoms with Crippen molar-refractivity contribution in [2.24, 2.45) is 5.41 Å². The van der Waals surface area contributed by atoms with E-state index in [-0.39, 0.29) is 11.7 Å². The first-order valence-corrected chi connectivity index (χ1v) is 5.90. The third kappa shape index (κ3) is 1.72. The molecule has 0 radical (unpaired) electrons. The molecule has 0 spiro atoms. The maximum absolute atomic E-state index is 11.2. The zero-order valence-corrected chi connectivity index (χ0v) is 8.44. The number of carbonyl (C=O) groups excluding carboxylic acids is 1. The van der Waals surface area contributed by atoms with Gasteiger partial charge in [-0.05, 0) is 6.92 Å². The van der Waals surface area contributed by atoms with Crippen LogP contribution in [-0.2, 0) is 13.8 Å². The summed E-state index contributed by atoms with van der Waals surface area (Å²) in [5.41, 5.74) is -0.796. The van der Waals surface area contributed by atoms with Gasteiger partial charge in [0.05, 0.1) is 11.2 Å². The van der Waals surface area contributed by atoms with Crippen molar-refractivity contribution in [3.63, 3.8) is 0 Å². The van der Waals surface area contributed by atoms with E-state index in [4.69, 9.17) is 10.7 Å². The molecule has 0 aromatic heterocycles. The van der Waals surface area contributed by atoms with Crippen LogP contribution in [0, 0.1) is 5.41 Å². The number of hydrogen-bond donors (Lipinski definition) is 0. The van der Waals surface area contributed by atoms with Gasteiger partial charge in [0, 0.05) is 24.3 Å². The summed E-state index contributed by atoms with van der Waals surface area (Å²) in [6.45, 7) is 2.06. The van der Waals surface area contributed by atoms with E-state index in [0.29, 0.717) is 6.54 Å². The summed E-state index contributed by atoms with van der Waals surface area (Å²) in [5, 5.41) is 0. The number of carbonyl (C=O) groups is 1. The lowest BCUT2D eigenvalue weighted by Gasteiger charge is -2.43. The fraction of sp³-hybridized carbons (Fsp3) is 0.833. The van der Waals surface area contributed by atoms with Crippen LogP contribution in [0.5, 0.6) is 0 Å². The van der Waals surface area contributed by atoms with Crippen LogP contribution < -0.4 is 0 Å². The van der Waals surface area contributed by atoms with E-state index in [9.17, 15) is 13.2 Å². The fourth-order valence-corrected chi connectivity index (χ4v) is 3.22. The molecule has 1 saturated heterocycles. The topological polar surface area (TPSA) is 54.5 Å². The first-order valence-electron chi connectivity index (χ1n) is 3.42. The second-order valence-corrected chi connectivity index (χ2v) is 6.18. The summed E-state index contributed by atoms with van der Waals surface area (Å²) in [6.07, 6.45) is 0. The van der Waals surface area contributed by atoms with Gasteiger partial charge in [0.25, 0.3) is 0 Å². The highest BCUT2D eigenvalue weighted by atomic mass is 35.7. The summed E-state index contributed by atoms with van der Waals surface area (Å²) in [5.74, 6) is -0.434. The predicted octanol–water partition coefficient (Wildman–Crippen LogP) is 0.0333. The van der Waals surface area contributed by atoms with Gasteiger partial charge in [0.1, 0.15) is 0 Å². The van der Waals surface area contributed by atoms with Crippen LogP contribution in [0.4, 0.5) is 0 Å². The molecule has 12 heavy (non-hydrogen) atoms. The second-order valence-electron chi connectivity index (χ2n) is 3.41. The van der Waals surface area contributed by atoms with Gasteiger partial charge < -0.3 is 4.90 Å². The molecule has 1 atom stereocenters. The molecular formula is C6H10ClNO3S. The third-order valence-corrected chi connectivity index (χ3v) is 3.25. The van der Waals surface area contributed by atoms with E-state index < -0.39 is 14.5 Å². The minimum Gasteiger partial charge on any atom is -0.344 e. The molecule has 0 aromatic carbocycles. The molecule has 1 fully saturated rings. The standard InChI is InChI=1S/C6H10ClNO3S/c1-6(4-12(7,10)11)3-8(2)5(6)9/h3-4H2,1-2H3. The highest BCUT2D eigenvalue weighted by Gasteiger charge is 2.48. The molecule has 1 rings (SSSR count). The van der Waals surface area contributed by atoms with Crippen LogP contribution >= 0.6 is 10.7 Å². The third-order valence-electron chi connectivity index (χ3n) is 1.94. The molecular weight excluding hydrogens is 202 g/mol. The molecule has 1 heterocycles. The first-order chi connectivity index (χ1) is 5.25. The van der Waals surface area contributed by atoms with E-state index >= 15 is 0 Å². The molecule has 1 aliphatic rings. The van der Waals surface area contributed by atoms with Gasteiger partial charge in [0.2, 0.25) is 15.0 Å². The van der Waals surface area contributed by atoms with Crippen molar-refractivity contribution in [3.05, 3.63) is 0 Å². The summed E-state index contributed by atoms with van der Waals surface area (Å²) < 4.78 is 21.4. The second kappa shape index (κ2) is 2.60. The Labute approximate surface area is 75.9 Å². The van der Waals surface area contributed by atoms with Crippen LogP contribution in [0.1, 0.15) is 6.92 Å². The first kappa shape index (κ1) is 9.80. The molecule has 1 aliphatic heterocycles. The van der Waals surface area contributed by atoms with Crippen molar-refractivity contribution in [3.8, 4) is 0 Å². The van der Waals surface area contributed by atoms with Crippen LogP contribution in [0.25, 0.3) is 0 Å². The van der Waals surface area contributed by atoms with E-state index in [1.54, 1.807) is 14.0 Å². The van der Waals surface area contributed by atoms with Crippen LogP contribution in [0.2, 0.25) is 0 Å². The van der Waals surface area contributed by atoms with Crippen molar-refractivity contribution in [2.45, 2.75) is 6.92 Å².